The zero-order valence-corrected chi connectivity index (χ0v) is 16.2. The van der Waals surface area contributed by atoms with Crippen LogP contribution in [0.2, 0.25) is 0 Å². The van der Waals surface area contributed by atoms with E-state index >= 15 is 0 Å². The highest BCUT2D eigenvalue weighted by molar-refractivity contribution is 5.92. The lowest BCUT2D eigenvalue weighted by Crippen LogP contribution is -2.50. The van der Waals surface area contributed by atoms with Crippen LogP contribution in [0.4, 0.5) is 0 Å². The molecule has 1 fully saturated rings. The van der Waals surface area contributed by atoms with E-state index in [1.165, 1.54) is 5.56 Å². The Bertz CT molecular complexity index is 726. The molecule has 0 bridgehead atoms. The van der Waals surface area contributed by atoms with Gasteiger partial charge in [0.2, 0.25) is 0 Å². The first-order valence-corrected chi connectivity index (χ1v) is 9.45. The zero-order chi connectivity index (χ0) is 18.7. The standard InChI is InChI=1S/C21H29N3O2/c1-15(2)20-12-18(22-26-20)21(25)23(4)19-10-11-24(13-16(19)3)14-17-8-6-5-7-9-17/h5-9,12,15-16,19H,10-11,13-14H2,1-4H3/t16-,19+/m1/s1. The van der Waals surface area contributed by atoms with Crippen molar-refractivity contribution in [3.63, 3.8) is 0 Å². The van der Waals surface area contributed by atoms with Crippen LogP contribution < -0.4 is 0 Å². The van der Waals surface area contributed by atoms with Gasteiger partial charge < -0.3 is 9.42 Å². The van der Waals surface area contributed by atoms with Gasteiger partial charge in [-0.05, 0) is 17.9 Å². The van der Waals surface area contributed by atoms with Gasteiger partial charge in [-0.2, -0.15) is 0 Å². The van der Waals surface area contributed by atoms with E-state index < -0.39 is 0 Å². The molecule has 1 aromatic carbocycles. The van der Waals surface area contributed by atoms with Crippen LogP contribution in [-0.2, 0) is 6.54 Å². The van der Waals surface area contributed by atoms with Crippen LogP contribution in [0, 0.1) is 5.92 Å². The topological polar surface area (TPSA) is 49.6 Å². The lowest BCUT2D eigenvalue weighted by atomic mass is 9.92. The lowest BCUT2D eigenvalue weighted by Gasteiger charge is -2.41. The Balaban J connectivity index is 1.60. The molecule has 1 aliphatic heterocycles. The summed E-state index contributed by atoms with van der Waals surface area (Å²) in [6.45, 7) is 9.25. The Labute approximate surface area is 156 Å². The molecule has 1 saturated heterocycles. The molecule has 0 N–H and O–H groups in total. The number of aromatic nitrogens is 1. The van der Waals surface area contributed by atoms with Crippen LogP contribution in [0.15, 0.2) is 40.9 Å². The normalized spacial score (nSPS) is 21.1. The van der Waals surface area contributed by atoms with Gasteiger partial charge in [-0.1, -0.05) is 56.3 Å². The highest BCUT2D eigenvalue weighted by Crippen LogP contribution is 2.24. The number of piperidine rings is 1. The van der Waals surface area contributed by atoms with Crippen molar-refractivity contribution in [2.24, 2.45) is 5.92 Å². The molecule has 5 nitrogen and oxygen atoms in total. The predicted molar refractivity (Wildman–Crippen MR) is 102 cm³/mol. The van der Waals surface area contributed by atoms with E-state index in [1.54, 1.807) is 6.07 Å². The van der Waals surface area contributed by atoms with E-state index in [0.29, 0.717) is 11.6 Å². The van der Waals surface area contributed by atoms with E-state index in [2.05, 4.69) is 41.2 Å². The van der Waals surface area contributed by atoms with E-state index in [4.69, 9.17) is 4.52 Å². The summed E-state index contributed by atoms with van der Waals surface area (Å²) in [6.07, 6.45) is 0.977. The monoisotopic (exact) mass is 355 g/mol. The molecule has 2 aromatic rings. The van der Waals surface area contributed by atoms with Crippen LogP contribution in [0.25, 0.3) is 0 Å². The first-order chi connectivity index (χ1) is 12.5. The largest absolute Gasteiger partial charge is 0.360 e. The second-order valence-electron chi connectivity index (χ2n) is 7.74. The molecule has 3 rings (SSSR count). The van der Waals surface area contributed by atoms with Crippen molar-refractivity contribution in [3.05, 3.63) is 53.4 Å². The van der Waals surface area contributed by atoms with Crippen molar-refractivity contribution in [1.82, 2.24) is 15.0 Å². The average molecular weight is 355 g/mol. The van der Waals surface area contributed by atoms with Crippen molar-refractivity contribution < 1.29 is 9.32 Å². The van der Waals surface area contributed by atoms with Gasteiger partial charge >= 0.3 is 0 Å². The van der Waals surface area contributed by atoms with E-state index in [0.717, 1.165) is 31.8 Å². The fraction of sp³-hybridized carbons (Fsp3) is 0.524. The van der Waals surface area contributed by atoms with Gasteiger partial charge in [0.15, 0.2) is 5.69 Å². The van der Waals surface area contributed by atoms with E-state index in [9.17, 15) is 4.79 Å². The SMILES string of the molecule is CC(C)c1cc(C(=O)N(C)[C@H]2CCN(Cc3ccccc3)C[C@H]2C)no1. The number of hydrogen-bond acceptors (Lipinski definition) is 4. The van der Waals surface area contributed by atoms with Crippen molar-refractivity contribution in [2.45, 2.75) is 45.7 Å². The third kappa shape index (κ3) is 4.15. The smallest absolute Gasteiger partial charge is 0.276 e. The maximum atomic E-state index is 12.8. The number of amides is 1. The summed E-state index contributed by atoms with van der Waals surface area (Å²) in [7, 11) is 1.89. The Hall–Kier alpha value is -2.14. The summed E-state index contributed by atoms with van der Waals surface area (Å²) in [4.78, 5) is 17.1. The van der Waals surface area contributed by atoms with E-state index in [-0.39, 0.29) is 17.9 Å². The van der Waals surface area contributed by atoms with Gasteiger partial charge in [-0.3, -0.25) is 9.69 Å². The minimum Gasteiger partial charge on any atom is -0.360 e. The molecule has 1 aliphatic rings. The maximum Gasteiger partial charge on any atom is 0.276 e. The molecule has 1 amide bonds. The van der Waals surface area contributed by atoms with Crippen LogP contribution in [0.3, 0.4) is 0 Å². The van der Waals surface area contributed by atoms with Gasteiger partial charge in [0, 0.05) is 44.7 Å². The summed E-state index contributed by atoms with van der Waals surface area (Å²) in [6, 6.07) is 12.6. The highest BCUT2D eigenvalue weighted by atomic mass is 16.5. The third-order valence-corrected chi connectivity index (χ3v) is 5.33. The van der Waals surface area contributed by atoms with Crippen LogP contribution in [0.1, 0.15) is 54.9 Å². The highest BCUT2D eigenvalue weighted by Gasteiger charge is 2.32. The number of carbonyl (C=O) groups excluding carboxylic acids is 1. The molecule has 0 unspecified atom stereocenters. The molecule has 0 saturated carbocycles. The summed E-state index contributed by atoms with van der Waals surface area (Å²) in [5.74, 6) is 1.36. The Morgan fingerprint density at radius 3 is 2.69 bits per heavy atom. The number of hydrogen-bond donors (Lipinski definition) is 0. The second-order valence-corrected chi connectivity index (χ2v) is 7.74. The summed E-state index contributed by atoms with van der Waals surface area (Å²) in [5.41, 5.74) is 1.75. The Morgan fingerprint density at radius 1 is 1.35 bits per heavy atom. The number of carbonyl (C=O) groups is 1. The molecule has 2 atom stereocenters. The van der Waals surface area contributed by atoms with E-state index in [1.807, 2.05) is 31.9 Å². The van der Waals surface area contributed by atoms with Crippen molar-refractivity contribution in [1.29, 1.82) is 0 Å². The fourth-order valence-electron chi connectivity index (χ4n) is 3.77. The molecular weight excluding hydrogens is 326 g/mol. The molecule has 26 heavy (non-hydrogen) atoms. The fourth-order valence-corrected chi connectivity index (χ4v) is 3.77. The predicted octanol–water partition coefficient (Wildman–Crippen LogP) is 3.78. The van der Waals surface area contributed by atoms with Crippen LogP contribution >= 0.6 is 0 Å². The van der Waals surface area contributed by atoms with Gasteiger partial charge in [0.05, 0.1) is 0 Å². The molecule has 0 spiro atoms. The molecule has 2 heterocycles. The number of benzene rings is 1. The summed E-state index contributed by atoms with van der Waals surface area (Å²) in [5, 5.41) is 3.97. The average Bonchev–Trinajstić information content (AvgIpc) is 3.12. The lowest BCUT2D eigenvalue weighted by molar-refractivity contribution is 0.0489. The number of likely N-dealkylation sites (tertiary alicyclic amines) is 1. The Morgan fingerprint density at radius 2 is 2.08 bits per heavy atom. The minimum atomic E-state index is -0.0472. The van der Waals surface area contributed by atoms with Crippen molar-refractivity contribution in [2.75, 3.05) is 20.1 Å². The van der Waals surface area contributed by atoms with Gasteiger partial charge in [0.25, 0.3) is 5.91 Å². The minimum absolute atomic E-state index is 0.0472. The van der Waals surface area contributed by atoms with Gasteiger partial charge in [-0.25, -0.2) is 0 Å². The van der Waals surface area contributed by atoms with Crippen LogP contribution in [0.5, 0.6) is 0 Å². The number of rotatable bonds is 5. The van der Waals surface area contributed by atoms with Crippen LogP contribution in [-0.4, -0.2) is 47.0 Å². The number of nitrogens with zero attached hydrogens (tertiary/aromatic N) is 3. The molecule has 140 valence electrons. The molecular formula is C21H29N3O2. The maximum absolute atomic E-state index is 12.8. The quantitative estimate of drug-likeness (QED) is 0.819. The third-order valence-electron chi connectivity index (χ3n) is 5.33. The molecule has 0 radical (unpaired) electrons. The summed E-state index contributed by atoms with van der Waals surface area (Å²) < 4.78 is 5.29. The van der Waals surface area contributed by atoms with Crippen molar-refractivity contribution in [3.8, 4) is 0 Å². The molecule has 5 heteroatoms. The van der Waals surface area contributed by atoms with Gasteiger partial charge in [-0.15, -0.1) is 0 Å². The first kappa shape index (κ1) is 18.6. The Kier molecular flexibility index (Phi) is 5.77. The first-order valence-electron chi connectivity index (χ1n) is 9.45. The zero-order valence-electron chi connectivity index (χ0n) is 16.2. The van der Waals surface area contributed by atoms with Gasteiger partial charge in [0.1, 0.15) is 5.76 Å². The van der Waals surface area contributed by atoms with Crippen molar-refractivity contribution >= 4 is 5.91 Å². The second kappa shape index (κ2) is 8.04. The summed E-state index contributed by atoms with van der Waals surface area (Å²) >= 11 is 0. The molecule has 0 aliphatic carbocycles. The molecule has 1 aromatic heterocycles.